The summed E-state index contributed by atoms with van der Waals surface area (Å²) in [5, 5.41) is 2.87. The van der Waals surface area contributed by atoms with Gasteiger partial charge in [-0.2, -0.15) is 0 Å². The summed E-state index contributed by atoms with van der Waals surface area (Å²) in [4.78, 5) is 17.0. The van der Waals surface area contributed by atoms with Crippen molar-refractivity contribution in [2.24, 2.45) is 0 Å². The first-order chi connectivity index (χ1) is 15.7. The molecule has 0 spiro atoms. The first-order valence-corrected chi connectivity index (χ1v) is 10.4. The Morgan fingerprint density at radius 3 is 2.50 bits per heavy atom. The Labute approximate surface area is 185 Å². The Hall–Kier alpha value is -3.87. The molecule has 1 amide bonds. The van der Waals surface area contributed by atoms with E-state index in [-0.39, 0.29) is 11.7 Å². The van der Waals surface area contributed by atoms with Crippen molar-refractivity contribution >= 4 is 16.9 Å². The standard InChI is InChI=1S/C25H24FN3O3/c1-31-22-8-4-5-9-23(22)32-17-16-29-21-7-3-2-6-20(21)28-24(29)14-15-27-25(30)18-10-12-19(26)13-11-18/h2-13H,14-17H2,1H3,(H,27,30). The highest BCUT2D eigenvalue weighted by Crippen LogP contribution is 2.26. The first-order valence-electron chi connectivity index (χ1n) is 10.4. The number of fused-ring (bicyclic) bond motifs is 1. The molecular formula is C25H24FN3O3. The third kappa shape index (κ3) is 4.88. The molecule has 4 rings (SSSR count). The summed E-state index contributed by atoms with van der Waals surface area (Å²) in [5.74, 6) is 1.62. The maximum absolute atomic E-state index is 13.1. The largest absolute Gasteiger partial charge is 0.493 e. The molecule has 0 aliphatic rings. The molecule has 1 heterocycles. The van der Waals surface area contributed by atoms with Crippen LogP contribution in [-0.2, 0) is 13.0 Å². The summed E-state index contributed by atoms with van der Waals surface area (Å²) in [6.45, 7) is 1.45. The van der Waals surface area contributed by atoms with Crippen LogP contribution in [0, 0.1) is 5.82 Å². The molecule has 0 saturated heterocycles. The number of para-hydroxylation sites is 4. The highest BCUT2D eigenvalue weighted by molar-refractivity contribution is 5.94. The van der Waals surface area contributed by atoms with Crippen LogP contribution in [0.4, 0.5) is 4.39 Å². The lowest BCUT2D eigenvalue weighted by Gasteiger charge is -2.13. The summed E-state index contributed by atoms with van der Waals surface area (Å²) in [5.41, 5.74) is 2.32. The molecule has 0 bridgehead atoms. The van der Waals surface area contributed by atoms with Crippen molar-refractivity contribution in [3.05, 3.63) is 90.0 Å². The highest BCUT2D eigenvalue weighted by atomic mass is 19.1. The molecule has 164 valence electrons. The second kappa shape index (κ2) is 9.96. The molecule has 4 aromatic rings. The van der Waals surface area contributed by atoms with Crippen LogP contribution in [0.25, 0.3) is 11.0 Å². The fraction of sp³-hybridized carbons (Fsp3) is 0.200. The average Bonchev–Trinajstić information content (AvgIpc) is 3.17. The van der Waals surface area contributed by atoms with E-state index >= 15 is 0 Å². The van der Waals surface area contributed by atoms with Crippen LogP contribution in [0.1, 0.15) is 16.2 Å². The van der Waals surface area contributed by atoms with E-state index in [2.05, 4.69) is 9.88 Å². The lowest BCUT2D eigenvalue weighted by Crippen LogP contribution is -2.26. The molecule has 0 fully saturated rings. The van der Waals surface area contributed by atoms with Crippen molar-refractivity contribution < 1.29 is 18.7 Å². The minimum atomic E-state index is -0.370. The maximum Gasteiger partial charge on any atom is 0.251 e. The van der Waals surface area contributed by atoms with Crippen LogP contribution in [0.15, 0.2) is 72.8 Å². The smallest absolute Gasteiger partial charge is 0.251 e. The lowest BCUT2D eigenvalue weighted by molar-refractivity contribution is 0.0954. The minimum absolute atomic E-state index is 0.243. The van der Waals surface area contributed by atoms with Crippen molar-refractivity contribution in [1.82, 2.24) is 14.9 Å². The number of imidazole rings is 1. The van der Waals surface area contributed by atoms with Crippen molar-refractivity contribution in [3.63, 3.8) is 0 Å². The SMILES string of the molecule is COc1ccccc1OCCn1c(CCNC(=O)c2ccc(F)cc2)nc2ccccc21. The molecule has 0 unspecified atom stereocenters. The van der Waals surface area contributed by atoms with Crippen LogP contribution in [0.2, 0.25) is 0 Å². The number of methoxy groups -OCH3 is 1. The fourth-order valence-electron chi connectivity index (χ4n) is 3.54. The van der Waals surface area contributed by atoms with Crippen LogP contribution in [0.3, 0.4) is 0 Å². The van der Waals surface area contributed by atoms with Crippen LogP contribution < -0.4 is 14.8 Å². The van der Waals surface area contributed by atoms with Crippen molar-refractivity contribution in [2.45, 2.75) is 13.0 Å². The average molecular weight is 433 g/mol. The van der Waals surface area contributed by atoms with Crippen LogP contribution in [0.5, 0.6) is 11.5 Å². The van der Waals surface area contributed by atoms with E-state index in [0.717, 1.165) is 16.9 Å². The number of amides is 1. The molecular weight excluding hydrogens is 409 g/mol. The number of aromatic nitrogens is 2. The van der Waals surface area contributed by atoms with Crippen LogP contribution >= 0.6 is 0 Å². The predicted molar refractivity (Wildman–Crippen MR) is 121 cm³/mol. The Bertz CT molecular complexity index is 1200. The molecule has 0 atom stereocenters. The number of carbonyl (C=O) groups excluding carboxylic acids is 1. The van der Waals surface area contributed by atoms with Gasteiger partial charge < -0.3 is 19.4 Å². The summed E-state index contributed by atoms with van der Waals surface area (Å²) >= 11 is 0. The van der Waals surface area contributed by atoms with Gasteiger partial charge in [-0.05, 0) is 48.5 Å². The van der Waals surface area contributed by atoms with Crippen molar-refractivity contribution in [2.75, 3.05) is 20.3 Å². The third-order valence-electron chi connectivity index (χ3n) is 5.12. The zero-order chi connectivity index (χ0) is 22.3. The van der Waals surface area contributed by atoms with Gasteiger partial charge in [0.2, 0.25) is 0 Å². The number of rotatable bonds is 9. The number of hydrogen-bond acceptors (Lipinski definition) is 4. The summed E-state index contributed by atoms with van der Waals surface area (Å²) in [6.07, 6.45) is 0.552. The Balaban J connectivity index is 1.43. The number of hydrogen-bond donors (Lipinski definition) is 1. The van der Waals surface area contributed by atoms with Gasteiger partial charge in [0.25, 0.3) is 5.91 Å². The summed E-state index contributed by atoms with van der Waals surface area (Å²) in [6, 6.07) is 20.9. The molecule has 1 aromatic heterocycles. The normalized spacial score (nSPS) is 10.8. The molecule has 6 nitrogen and oxygen atoms in total. The molecule has 1 N–H and O–H groups in total. The van der Waals surface area contributed by atoms with Gasteiger partial charge in [-0.25, -0.2) is 9.37 Å². The predicted octanol–water partition coefficient (Wildman–Crippen LogP) is 4.24. The number of carbonyl (C=O) groups is 1. The van der Waals surface area contributed by atoms with Gasteiger partial charge in [-0.15, -0.1) is 0 Å². The van der Waals surface area contributed by atoms with E-state index in [1.807, 2.05) is 48.5 Å². The topological polar surface area (TPSA) is 65.4 Å². The van der Waals surface area contributed by atoms with Gasteiger partial charge in [0.05, 0.1) is 24.7 Å². The number of benzene rings is 3. The van der Waals surface area contributed by atoms with Gasteiger partial charge in [0.1, 0.15) is 18.2 Å². The van der Waals surface area contributed by atoms with E-state index in [0.29, 0.717) is 43.2 Å². The number of halogens is 1. The zero-order valence-electron chi connectivity index (χ0n) is 17.8. The van der Waals surface area contributed by atoms with E-state index in [1.54, 1.807) is 7.11 Å². The van der Waals surface area contributed by atoms with Crippen molar-refractivity contribution in [3.8, 4) is 11.5 Å². The molecule has 0 aliphatic heterocycles. The van der Waals surface area contributed by atoms with Gasteiger partial charge >= 0.3 is 0 Å². The fourth-order valence-corrected chi connectivity index (χ4v) is 3.54. The summed E-state index contributed by atoms with van der Waals surface area (Å²) in [7, 11) is 1.61. The van der Waals surface area contributed by atoms with Gasteiger partial charge in [0, 0.05) is 18.5 Å². The quantitative estimate of drug-likeness (QED) is 0.429. The Kier molecular flexibility index (Phi) is 6.65. The Morgan fingerprint density at radius 1 is 1.00 bits per heavy atom. The van der Waals surface area contributed by atoms with E-state index in [9.17, 15) is 9.18 Å². The maximum atomic E-state index is 13.1. The van der Waals surface area contributed by atoms with Gasteiger partial charge in [-0.1, -0.05) is 24.3 Å². The molecule has 32 heavy (non-hydrogen) atoms. The summed E-state index contributed by atoms with van der Waals surface area (Å²) < 4.78 is 26.4. The zero-order valence-corrected chi connectivity index (χ0v) is 17.8. The molecule has 0 aliphatic carbocycles. The molecule has 3 aromatic carbocycles. The lowest BCUT2D eigenvalue weighted by atomic mass is 10.2. The van der Waals surface area contributed by atoms with Crippen LogP contribution in [-0.4, -0.2) is 35.7 Å². The Morgan fingerprint density at radius 2 is 1.72 bits per heavy atom. The monoisotopic (exact) mass is 433 g/mol. The molecule has 0 radical (unpaired) electrons. The van der Waals surface area contributed by atoms with Crippen molar-refractivity contribution in [1.29, 1.82) is 0 Å². The molecule has 0 saturated carbocycles. The second-order valence-corrected chi connectivity index (χ2v) is 7.18. The number of ether oxygens (including phenoxy) is 2. The minimum Gasteiger partial charge on any atom is -0.493 e. The second-order valence-electron chi connectivity index (χ2n) is 7.18. The van der Waals surface area contributed by atoms with E-state index in [4.69, 9.17) is 14.5 Å². The van der Waals surface area contributed by atoms with Gasteiger partial charge in [-0.3, -0.25) is 4.79 Å². The third-order valence-corrected chi connectivity index (χ3v) is 5.12. The first kappa shape index (κ1) is 21.4. The molecule has 7 heteroatoms. The van der Waals surface area contributed by atoms with E-state index in [1.165, 1.54) is 24.3 Å². The number of nitrogens with one attached hydrogen (secondary N) is 1. The number of nitrogens with zero attached hydrogens (tertiary/aromatic N) is 2. The van der Waals surface area contributed by atoms with Gasteiger partial charge in [0.15, 0.2) is 11.5 Å². The highest BCUT2D eigenvalue weighted by Gasteiger charge is 2.12. The van der Waals surface area contributed by atoms with E-state index < -0.39 is 0 Å².